The minimum absolute atomic E-state index is 0.0616. The number of alkyl halides is 1. The number of rotatable bonds is 11. The lowest BCUT2D eigenvalue weighted by Crippen LogP contribution is -2.37. The maximum Gasteiger partial charge on any atom is 0.459 e. The second-order valence-electron chi connectivity index (χ2n) is 9.09. The lowest BCUT2D eigenvalue weighted by Gasteiger charge is -2.25. The monoisotopic (exact) mass is 552 g/mol. The number of carbonyl (C=O) groups is 1. The molecule has 1 saturated heterocycles. The number of H-pyrrole nitrogens is 1. The van der Waals surface area contributed by atoms with Gasteiger partial charge in [-0.25, -0.2) is 9.55 Å². The van der Waals surface area contributed by atoms with E-state index in [0.29, 0.717) is 0 Å². The highest BCUT2D eigenvalue weighted by atomic mass is 31.2. The first kappa shape index (κ1) is 27.7. The second kappa shape index (κ2) is 11.6. The Bertz CT molecular complexity index is 1370. The van der Waals surface area contributed by atoms with Crippen LogP contribution < -0.4 is 20.9 Å². The van der Waals surface area contributed by atoms with Crippen molar-refractivity contribution in [1.29, 1.82) is 0 Å². The Kier molecular flexibility index (Phi) is 8.46. The van der Waals surface area contributed by atoms with E-state index in [9.17, 15) is 18.5 Å². The van der Waals surface area contributed by atoms with Crippen molar-refractivity contribution in [2.75, 3.05) is 19.0 Å². The summed E-state index contributed by atoms with van der Waals surface area (Å²) < 4.78 is 51.7. The second-order valence-corrected chi connectivity index (χ2v) is 10.8. The summed E-state index contributed by atoms with van der Waals surface area (Å²) in [7, 11) is -4.16. The van der Waals surface area contributed by atoms with Crippen LogP contribution in [-0.2, 0) is 23.4 Å². The fourth-order valence-corrected chi connectivity index (χ4v) is 5.46. The first-order valence-corrected chi connectivity index (χ1v) is 13.5. The number of para-hydroxylation sites is 1. The van der Waals surface area contributed by atoms with Crippen molar-refractivity contribution in [3.63, 3.8) is 0 Å². The molecule has 38 heavy (non-hydrogen) atoms. The molecule has 1 fully saturated rings. The molecule has 0 unspecified atom stereocenters. The first-order chi connectivity index (χ1) is 18.1. The van der Waals surface area contributed by atoms with Gasteiger partial charge in [0.05, 0.1) is 31.8 Å². The van der Waals surface area contributed by atoms with Gasteiger partial charge in [-0.05, 0) is 32.9 Å². The molecule has 15 heteroatoms. The van der Waals surface area contributed by atoms with Crippen LogP contribution in [0.1, 0.15) is 33.4 Å². The van der Waals surface area contributed by atoms with Crippen LogP contribution in [0.5, 0.6) is 5.75 Å². The number of benzene rings is 1. The van der Waals surface area contributed by atoms with Gasteiger partial charge in [-0.3, -0.25) is 28.1 Å². The summed E-state index contributed by atoms with van der Waals surface area (Å²) >= 11 is 0. The maximum absolute atomic E-state index is 14.0. The topological polar surface area (TPSA) is 173 Å². The summed E-state index contributed by atoms with van der Waals surface area (Å²) in [4.78, 5) is 35.0. The van der Waals surface area contributed by atoms with E-state index >= 15 is 0 Å². The van der Waals surface area contributed by atoms with E-state index in [1.54, 1.807) is 44.2 Å². The first-order valence-electron chi connectivity index (χ1n) is 12.0. The van der Waals surface area contributed by atoms with Crippen LogP contribution in [0.25, 0.3) is 11.2 Å². The Morgan fingerprint density at radius 1 is 1.34 bits per heavy atom. The lowest BCUT2D eigenvalue weighted by molar-refractivity contribution is -0.149. The predicted octanol–water partition coefficient (Wildman–Crippen LogP) is 2.71. The van der Waals surface area contributed by atoms with E-state index in [2.05, 4.69) is 20.0 Å². The van der Waals surface area contributed by atoms with Crippen molar-refractivity contribution in [1.82, 2.24) is 24.6 Å². The van der Waals surface area contributed by atoms with E-state index in [1.807, 2.05) is 0 Å². The van der Waals surface area contributed by atoms with Crippen LogP contribution in [0.3, 0.4) is 0 Å². The highest BCUT2D eigenvalue weighted by Gasteiger charge is 2.40. The van der Waals surface area contributed by atoms with Crippen molar-refractivity contribution >= 4 is 30.8 Å². The molecule has 4 rings (SSSR count). The molecule has 1 aliphatic rings. The number of nitrogen functional groups attached to an aromatic ring is 1. The van der Waals surface area contributed by atoms with Crippen LogP contribution in [-0.4, -0.2) is 57.0 Å². The predicted molar refractivity (Wildman–Crippen MR) is 135 cm³/mol. The zero-order valence-corrected chi connectivity index (χ0v) is 22.0. The molecule has 2 aromatic heterocycles. The van der Waals surface area contributed by atoms with E-state index in [1.165, 1.54) is 17.8 Å². The van der Waals surface area contributed by atoms with E-state index in [0.717, 1.165) is 0 Å². The van der Waals surface area contributed by atoms with Crippen molar-refractivity contribution in [3.8, 4) is 5.75 Å². The normalized spacial score (nSPS) is 21.9. The number of hydrogen-bond donors (Lipinski definition) is 3. The molecule has 0 aliphatic carbocycles. The number of ether oxygens (including phenoxy) is 2. The van der Waals surface area contributed by atoms with Crippen LogP contribution in [0, 0.1) is 5.92 Å². The summed E-state index contributed by atoms with van der Waals surface area (Å²) in [5.41, 5.74) is 5.40. The highest BCUT2D eigenvalue weighted by molar-refractivity contribution is 7.52. The summed E-state index contributed by atoms with van der Waals surface area (Å²) in [5.74, 6) is -1.14. The maximum atomic E-state index is 14.0. The molecule has 0 radical (unpaired) electrons. The molecule has 3 heterocycles. The Hall–Kier alpha value is -3.32. The third-order valence-corrected chi connectivity index (χ3v) is 7.40. The molecule has 13 nitrogen and oxygen atoms in total. The largest absolute Gasteiger partial charge is 0.462 e. The number of nitrogens with zero attached hydrogens (tertiary/aromatic N) is 3. The van der Waals surface area contributed by atoms with Crippen molar-refractivity contribution in [2.24, 2.45) is 5.92 Å². The summed E-state index contributed by atoms with van der Waals surface area (Å²) in [6.07, 6.45) is -0.378. The van der Waals surface area contributed by atoms with Crippen LogP contribution >= 0.6 is 7.75 Å². The van der Waals surface area contributed by atoms with Crippen molar-refractivity contribution < 1.29 is 32.3 Å². The van der Waals surface area contributed by atoms with Gasteiger partial charge in [0.25, 0.3) is 5.56 Å². The molecule has 0 bridgehead atoms. The average Bonchev–Trinajstić information content (AvgIpc) is 3.47. The van der Waals surface area contributed by atoms with Gasteiger partial charge in [-0.15, -0.1) is 0 Å². The number of aromatic amines is 1. The zero-order chi connectivity index (χ0) is 27.4. The quantitative estimate of drug-likeness (QED) is 0.236. The fourth-order valence-electron chi connectivity index (χ4n) is 3.96. The smallest absolute Gasteiger partial charge is 0.459 e. The molecule has 0 amide bonds. The van der Waals surface area contributed by atoms with Gasteiger partial charge in [0.15, 0.2) is 11.2 Å². The Labute approximate surface area is 217 Å². The SMILES string of the molecule is CC(C)OC(=O)[C@H](C)N[P@](=O)(OC[C@H]1O[C@@H](n2cnc3c(=O)[nH]c(N)nc32)C[C@@H]1CF)Oc1ccccc1. The van der Waals surface area contributed by atoms with Gasteiger partial charge in [-0.2, -0.15) is 10.1 Å². The molecule has 5 atom stereocenters. The minimum atomic E-state index is -4.16. The number of halogens is 1. The number of carbonyl (C=O) groups excluding carboxylic acids is 1. The van der Waals surface area contributed by atoms with Gasteiger partial charge < -0.3 is 19.7 Å². The Balaban J connectivity index is 1.51. The highest BCUT2D eigenvalue weighted by Crippen LogP contribution is 2.46. The molecule has 0 saturated carbocycles. The van der Waals surface area contributed by atoms with Gasteiger partial charge in [-0.1, -0.05) is 18.2 Å². The number of anilines is 1. The molecule has 3 aromatic rings. The van der Waals surface area contributed by atoms with Crippen molar-refractivity contribution in [2.45, 2.75) is 51.7 Å². The summed E-state index contributed by atoms with van der Waals surface area (Å²) in [6, 6.07) is 7.23. The van der Waals surface area contributed by atoms with Gasteiger partial charge in [0.1, 0.15) is 18.0 Å². The van der Waals surface area contributed by atoms with Crippen LogP contribution in [0.4, 0.5) is 10.3 Å². The molecule has 4 N–H and O–H groups in total. The number of esters is 1. The van der Waals surface area contributed by atoms with Crippen LogP contribution in [0.15, 0.2) is 41.5 Å². The molecular formula is C23H30FN6O7P. The molecule has 1 aliphatic heterocycles. The minimum Gasteiger partial charge on any atom is -0.462 e. The molecule has 1 aromatic carbocycles. The number of nitrogens with one attached hydrogen (secondary N) is 2. The van der Waals surface area contributed by atoms with Crippen molar-refractivity contribution in [3.05, 3.63) is 47.0 Å². The third-order valence-electron chi connectivity index (χ3n) is 5.76. The zero-order valence-electron chi connectivity index (χ0n) is 21.1. The molecule has 0 spiro atoms. The third kappa shape index (κ3) is 6.38. The Morgan fingerprint density at radius 3 is 2.76 bits per heavy atom. The molecular weight excluding hydrogens is 522 g/mol. The van der Waals surface area contributed by atoms with E-state index < -0.39 is 50.2 Å². The number of nitrogens with two attached hydrogens (primary N) is 1. The van der Waals surface area contributed by atoms with E-state index in [4.69, 9.17) is 24.3 Å². The van der Waals surface area contributed by atoms with Gasteiger partial charge >= 0.3 is 13.7 Å². The Morgan fingerprint density at radius 2 is 2.08 bits per heavy atom. The lowest BCUT2D eigenvalue weighted by atomic mass is 10.0. The standard InChI is InChI=1S/C23H30FN6O7P/c1-13(2)35-22(32)14(3)29-38(33,37-16-7-5-4-6-8-16)34-11-17-15(10-24)9-18(36-17)30-12-26-19-20(30)27-23(25)28-21(19)31/h4-8,12-15,17-18H,9-11H2,1-3H3,(H,29,33)(H3,25,27,28,31)/t14-,15+,17+,18+,38-/m0/s1. The average molecular weight is 553 g/mol. The van der Waals surface area contributed by atoms with Crippen LogP contribution in [0.2, 0.25) is 0 Å². The van der Waals surface area contributed by atoms with E-state index in [-0.39, 0.29) is 42.0 Å². The molecule has 206 valence electrons. The van der Waals surface area contributed by atoms with Gasteiger partial charge in [0, 0.05) is 12.3 Å². The number of fused-ring (bicyclic) bond motifs is 1. The summed E-state index contributed by atoms with van der Waals surface area (Å²) in [5, 5.41) is 2.59. The summed E-state index contributed by atoms with van der Waals surface area (Å²) in [6.45, 7) is 3.77. The number of imidazole rings is 1. The number of aromatic nitrogens is 4. The van der Waals surface area contributed by atoms with Gasteiger partial charge in [0.2, 0.25) is 5.95 Å². The fraction of sp³-hybridized carbons (Fsp3) is 0.478. The number of hydrogen-bond acceptors (Lipinski definition) is 10.